The van der Waals surface area contributed by atoms with Gasteiger partial charge in [0.25, 0.3) is 0 Å². The molecule has 0 spiro atoms. The Morgan fingerprint density at radius 3 is 2.03 bits per heavy atom. The number of hydrogen-bond acceptors (Lipinski definition) is 9. The van der Waals surface area contributed by atoms with Crippen molar-refractivity contribution in [2.24, 2.45) is 5.73 Å². The van der Waals surface area contributed by atoms with Crippen LogP contribution in [0.1, 0.15) is 31.7 Å². The molecule has 0 saturated carbocycles. The van der Waals surface area contributed by atoms with Crippen molar-refractivity contribution in [3.8, 4) is 5.75 Å². The molecule has 14 heteroatoms. The number of benzene rings is 1. The van der Waals surface area contributed by atoms with E-state index in [9.17, 15) is 39.3 Å². The van der Waals surface area contributed by atoms with Gasteiger partial charge in [-0.2, -0.15) is 11.8 Å². The van der Waals surface area contributed by atoms with Gasteiger partial charge in [-0.3, -0.25) is 19.2 Å². The van der Waals surface area contributed by atoms with Crippen LogP contribution >= 0.6 is 11.8 Å². The minimum absolute atomic E-state index is 0.0352. The second-order valence-corrected chi connectivity index (χ2v) is 9.36. The number of aromatic hydroxyl groups is 1. The lowest BCUT2D eigenvalue weighted by molar-refractivity contribution is -0.143. The van der Waals surface area contributed by atoms with E-state index in [0.29, 0.717) is 11.3 Å². The molecule has 0 heterocycles. The van der Waals surface area contributed by atoms with E-state index in [1.807, 2.05) is 0 Å². The van der Waals surface area contributed by atoms with Crippen molar-refractivity contribution in [3.05, 3.63) is 29.8 Å². The van der Waals surface area contributed by atoms with Crippen LogP contribution < -0.4 is 21.7 Å². The first-order valence-electron chi connectivity index (χ1n) is 11.4. The molecule has 5 atom stereocenters. The summed E-state index contributed by atoms with van der Waals surface area (Å²) in [5, 5.41) is 44.7. The standard InChI is InChI=1S/C23H34N4O9S/c1-12(28)19(27-20(32)15(24)11-13-3-5-14(29)6-4-13)22(34)25-16(7-8-18(30)31)21(33)26-17(23(35)36)9-10-37-2/h3-6,12,15-17,19,28-29H,7-11,24H2,1-2H3,(H,25,34)(H,26,33)(H,27,32)(H,30,31)(H,35,36). The van der Waals surface area contributed by atoms with E-state index in [2.05, 4.69) is 16.0 Å². The number of hydrogen-bond donors (Lipinski definition) is 8. The Labute approximate surface area is 218 Å². The van der Waals surface area contributed by atoms with Crippen LogP contribution in [0.2, 0.25) is 0 Å². The first-order chi connectivity index (χ1) is 17.3. The van der Waals surface area contributed by atoms with Gasteiger partial charge in [-0.25, -0.2) is 4.79 Å². The van der Waals surface area contributed by atoms with Gasteiger partial charge in [0, 0.05) is 6.42 Å². The molecule has 0 aliphatic rings. The minimum Gasteiger partial charge on any atom is -0.508 e. The van der Waals surface area contributed by atoms with Crippen LogP contribution in [-0.2, 0) is 30.4 Å². The molecular weight excluding hydrogens is 508 g/mol. The maximum Gasteiger partial charge on any atom is 0.326 e. The summed E-state index contributed by atoms with van der Waals surface area (Å²) >= 11 is 1.37. The SMILES string of the molecule is CSCCC(NC(=O)C(CCC(=O)O)NC(=O)C(NC(=O)C(N)Cc1ccc(O)cc1)C(C)O)C(=O)O. The molecule has 0 aliphatic heterocycles. The quantitative estimate of drug-likeness (QED) is 0.124. The van der Waals surface area contributed by atoms with Crippen LogP contribution in [0.15, 0.2) is 24.3 Å². The van der Waals surface area contributed by atoms with Crippen molar-refractivity contribution in [2.45, 2.75) is 62.9 Å². The van der Waals surface area contributed by atoms with Gasteiger partial charge < -0.3 is 42.1 Å². The number of carbonyl (C=O) groups excluding carboxylic acids is 3. The smallest absolute Gasteiger partial charge is 0.326 e. The Morgan fingerprint density at radius 2 is 1.51 bits per heavy atom. The molecular formula is C23H34N4O9S. The molecule has 0 radical (unpaired) electrons. The number of amides is 3. The second-order valence-electron chi connectivity index (χ2n) is 8.38. The number of rotatable bonds is 16. The number of phenolic OH excluding ortho intramolecular Hbond substituents is 1. The van der Waals surface area contributed by atoms with Gasteiger partial charge in [0.2, 0.25) is 17.7 Å². The summed E-state index contributed by atoms with van der Waals surface area (Å²) in [6, 6.07) is 0.627. The van der Waals surface area contributed by atoms with E-state index >= 15 is 0 Å². The van der Waals surface area contributed by atoms with Crippen LogP contribution in [0.4, 0.5) is 0 Å². The van der Waals surface area contributed by atoms with Gasteiger partial charge >= 0.3 is 11.9 Å². The number of nitrogens with one attached hydrogen (secondary N) is 3. The maximum absolute atomic E-state index is 12.9. The molecule has 1 aromatic carbocycles. The fourth-order valence-electron chi connectivity index (χ4n) is 3.21. The van der Waals surface area contributed by atoms with E-state index in [4.69, 9.17) is 10.8 Å². The zero-order valence-electron chi connectivity index (χ0n) is 20.5. The number of carboxylic acids is 2. The van der Waals surface area contributed by atoms with Crippen molar-refractivity contribution in [1.82, 2.24) is 16.0 Å². The van der Waals surface area contributed by atoms with Crippen LogP contribution in [0.5, 0.6) is 5.75 Å². The van der Waals surface area contributed by atoms with E-state index in [0.717, 1.165) is 0 Å². The van der Waals surface area contributed by atoms with E-state index < -0.39 is 66.4 Å². The average Bonchev–Trinajstić information content (AvgIpc) is 2.83. The highest BCUT2D eigenvalue weighted by atomic mass is 32.2. The largest absolute Gasteiger partial charge is 0.508 e. The average molecular weight is 543 g/mol. The number of aliphatic hydroxyl groups excluding tert-OH is 1. The molecule has 9 N–H and O–H groups in total. The lowest BCUT2D eigenvalue weighted by Gasteiger charge is -2.26. The third-order valence-electron chi connectivity index (χ3n) is 5.30. The van der Waals surface area contributed by atoms with Crippen LogP contribution in [0.25, 0.3) is 0 Å². The molecule has 0 bridgehead atoms. The Hall–Kier alpha value is -3.36. The number of carboxylic acid groups (broad SMARTS) is 2. The maximum atomic E-state index is 12.9. The molecule has 0 aliphatic carbocycles. The number of phenols is 1. The molecule has 1 rings (SSSR count). The van der Waals surface area contributed by atoms with Crippen molar-refractivity contribution in [1.29, 1.82) is 0 Å². The zero-order chi connectivity index (χ0) is 28.1. The fraction of sp³-hybridized carbons (Fsp3) is 0.522. The first-order valence-corrected chi connectivity index (χ1v) is 12.8. The Balaban J connectivity index is 2.94. The molecule has 1 aromatic rings. The molecule has 0 saturated heterocycles. The molecule has 0 fully saturated rings. The first kappa shape index (κ1) is 31.7. The highest BCUT2D eigenvalue weighted by molar-refractivity contribution is 7.98. The van der Waals surface area contributed by atoms with Gasteiger partial charge in [-0.1, -0.05) is 12.1 Å². The summed E-state index contributed by atoms with van der Waals surface area (Å²) in [7, 11) is 0. The van der Waals surface area contributed by atoms with Crippen molar-refractivity contribution in [2.75, 3.05) is 12.0 Å². The highest BCUT2D eigenvalue weighted by Crippen LogP contribution is 2.11. The van der Waals surface area contributed by atoms with Crippen LogP contribution in [0, 0.1) is 0 Å². The number of aliphatic carboxylic acids is 2. The predicted molar refractivity (Wildman–Crippen MR) is 135 cm³/mol. The lowest BCUT2D eigenvalue weighted by Crippen LogP contribution is -2.60. The van der Waals surface area contributed by atoms with Crippen molar-refractivity contribution in [3.63, 3.8) is 0 Å². The molecule has 37 heavy (non-hydrogen) atoms. The summed E-state index contributed by atoms with van der Waals surface area (Å²) in [6.45, 7) is 1.23. The summed E-state index contributed by atoms with van der Waals surface area (Å²) < 4.78 is 0. The van der Waals surface area contributed by atoms with Crippen LogP contribution in [0.3, 0.4) is 0 Å². The fourth-order valence-corrected chi connectivity index (χ4v) is 3.68. The topological polar surface area (TPSA) is 228 Å². The Bertz CT molecular complexity index is 943. The zero-order valence-corrected chi connectivity index (χ0v) is 21.4. The van der Waals surface area contributed by atoms with Crippen LogP contribution in [-0.4, -0.2) is 92.4 Å². The van der Waals surface area contributed by atoms with Gasteiger partial charge in [0.15, 0.2) is 0 Å². The van der Waals surface area contributed by atoms with Gasteiger partial charge in [0.1, 0.15) is 23.9 Å². The monoisotopic (exact) mass is 542 g/mol. The summed E-state index contributed by atoms with van der Waals surface area (Å²) in [4.78, 5) is 60.7. The van der Waals surface area contributed by atoms with E-state index in [1.165, 1.54) is 30.8 Å². The number of carbonyl (C=O) groups is 5. The molecule has 0 aromatic heterocycles. The van der Waals surface area contributed by atoms with Crippen molar-refractivity contribution >= 4 is 41.4 Å². The normalized spacial score (nSPS) is 14.9. The molecule has 3 amide bonds. The summed E-state index contributed by atoms with van der Waals surface area (Å²) in [5.74, 6) is -4.74. The van der Waals surface area contributed by atoms with E-state index in [-0.39, 0.29) is 25.0 Å². The predicted octanol–water partition coefficient (Wildman–Crippen LogP) is -1.20. The minimum atomic E-state index is -1.54. The number of thioether (sulfide) groups is 1. The second kappa shape index (κ2) is 15.7. The number of nitrogens with two attached hydrogens (primary N) is 1. The summed E-state index contributed by atoms with van der Waals surface area (Å²) in [6.07, 6.45) is -0.352. The summed E-state index contributed by atoms with van der Waals surface area (Å²) in [5.41, 5.74) is 6.55. The Morgan fingerprint density at radius 1 is 0.919 bits per heavy atom. The highest BCUT2D eigenvalue weighted by Gasteiger charge is 2.32. The third-order valence-corrected chi connectivity index (χ3v) is 5.94. The number of aliphatic hydroxyl groups is 1. The van der Waals surface area contributed by atoms with Crippen molar-refractivity contribution < 1.29 is 44.4 Å². The van der Waals surface area contributed by atoms with Gasteiger partial charge in [-0.15, -0.1) is 0 Å². The Kier molecular flexibility index (Phi) is 13.4. The van der Waals surface area contributed by atoms with Gasteiger partial charge in [-0.05, 0) is 55.9 Å². The van der Waals surface area contributed by atoms with Gasteiger partial charge in [0.05, 0.1) is 12.1 Å². The molecule has 5 unspecified atom stereocenters. The molecule has 13 nitrogen and oxygen atoms in total. The molecule has 206 valence electrons. The third kappa shape index (κ3) is 11.5. The lowest BCUT2D eigenvalue weighted by atomic mass is 10.0. The van der Waals surface area contributed by atoms with E-state index in [1.54, 1.807) is 18.4 Å².